The second-order valence-electron chi connectivity index (χ2n) is 5.30. The molecular weight excluding hydrogens is 224 g/mol. The summed E-state index contributed by atoms with van der Waals surface area (Å²) < 4.78 is 5.46. The van der Waals surface area contributed by atoms with Crippen molar-refractivity contribution in [3.05, 3.63) is 29.3 Å². The summed E-state index contributed by atoms with van der Waals surface area (Å²) in [5.41, 5.74) is 2.88. The highest BCUT2D eigenvalue weighted by atomic mass is 16.5. The van der Waals surface area contributed by atoms with Crippen LogP contribution in [0.4, 0.5) is 0 Å². The highest BCUT2D eigenvalue weighted by Gasteiger charge is 2.25. The number of hydrogen-bond acceptors (Lipinski definition) is 3. The Morgan fingerprint density at radius 1 is 1.28 bits per heavy atom. The lowest BCUT2D eigenvalue weighted by molar-refractivity contribution is 0.146. The molecule has 0 spiro atoms. The predicted octanol–water partition coefficient (Wildman–Crippen LogP) is 1.81. The van der Waals surface area contributed by atoms with Crippen LogP contribution < -0.4 is 10.1 Å². The van der Waals surface area contributed by atoms with Gasteiger partial charge in [-0.05, 0) is 49.5 Å². The topological polar surface area (TPSA) is 24.5 Å². The molecule has 1 aromatic rings. The first-order valence-corrected chi connectivity index (χ1v) is 6.98. The van der Waals surface area contributed by atoms with E-state index in [1.54, 1.807) is 7.11 Å². The second kappa shape index (κ2) is 5.29. The van der Waals surface area contributed by atoms with Crippen molar-refractivity contribution >= 4 is 0 Å². The maximum Gasteiger partial charge on any atom is 0.122 e. The van der Waals surface area contributed by atoms with Crippen LogP contribution in [-0.2, 0) is 13.0 Å². The largest absolute Gasteiger partial charge is 0.496 e. The van der Waals surface area contributed by atoms with Crippen LogP contribution in [0.15, 0.2) is 18.2 Å². The maximum absolute atomic E-state index is 5.46. The lowest BCUT2D eigenvalue weighted by Gasteiger charge is -2.38. The summed E-state index contributed by atoms with van der Waals surface area (Å²) in [7, 11) is 1.77. The smallest absolute Gasteiger partial charge is 0.122 e. The van der Waals surface area contributed by atoms with Gasteiger partial charge in [-0.2, -0.15) is 0 Å². The molecule has 18 heavy (non-hydrogen) atoms. The lowest BCUT2D eigenvalue weighted by atomic mass is 9.95. The van der Waals surface area contributed by atoms with Crippen LogP contribution in [0.5, 0.6) is 5.75 Å². The summed E-state index contributed by atoms with van der Waals surface area (Å²) in [4.78, 5) is 2.66. The van der Waals surface area contributed by atoms with Gasteiger partial charge in [0.15, 0.2) is 0 Å². The van der Waals surface area contributed by atoms with Crippen molar-refractivity contribution in [2.24, 2.45) is 0 Å². The van der Waals surface area contributed by atoms with Crippen LogP contribution in [0.25, 0.3) is 0 Å². The Morgan fingerprint density at radius 2 is 2.11 bits per heavy atom. The van der Waals surface area contributed by atoms with Gasteiger partial charge in [-0.3, -0.25) is 4.90 Å². The van der Waals surface area contributed by atoms with Crippen LogP contribution >= 0.6 is 0 Å². The number of nitrogens with one attached hydrogen (secondary N) is 1. The first-order valence-electron chi connectivity index (χ1n) is 6.98. The molecule has 0 saturated carbocycles. The Hall–Kier alpha value is -1.06. The summed E-state index contributed by atoms with van der Waals surface area (Å²) in [6.07, 6.45) is 3.71. The molecule has 0 atom stereocenters. The molecule has 3 heteroatoms. The number of fused-ring (bicyclic) bond motifs is 1. The zero-order valence-electron chi connectivity index (χ0n) is 11.1. The zero-order valence-corrected chi connectivity index (χ0v) is 11.1. The summed E-state index contributed by atoms with van der Waals surface area (Å²) in [6.45, 7) is 4.62. The van der Waals surface area contributed by atoms with Gasteiger partial charge < -0.3 is 10.1 Å². The molecule has 2 aliphatic rings. The minimum absolute atomic E-state index is 0.769. The molecule has 3 nitrogen and oxygen atoms in total. The second-order valence-corrected chi connectivity index (χ2v) is 5.30. The van der Waals surface area contributed by atoms with Crippen LogP contribution in [0.3, 0.4) is 0 Å². The van der Waals surface area contributed by atoms with Gasteiger partial charge >= 0.3 is 0 Å². The Bertz CT molecular complexity index is 413. The Labute approximate surface area is 109 Å². The lowest BCUT2D eigenvalue weighted by Crippen LogP contribution is -2.45. The maximum atomic E-state index is 5.46. The minimum Gasteiger partial charge on any atom is -0.496 e. The van der Waals surface area contributed by atoms with Crippen molar-refractivity contribution in [2.75, 3.05) is 26.7 Å². The van der Waals surface area contributed by atoms with E-state index in [4.69, 9.17) is 4.74 Å². The van der Waals surface area contributed by atoms with Gasteiger partial charge in [0.2, 0.25) is 0 Å². The van der Waals surface area contributed by atoms with E-state index < -0.39 is 0 Å². The zero-order chi connectivity index (χ0) is 12.4. The minimum atomic E-state index is 0.769. The highest BCUT2D eigenvalue weighted by molar-refractivity contribution is 5.41. The van der Waals surface area contributed by atoms with Crippen molar-refractivity contribution in [3.8, 4) is 5.75 Å². The van der Waals surface area contributed by atoms with E-state index in [0.717, 1.165) is 24.8 Å². The average Bonchev–Trinajstić information content (AvgIpc) is 2.47. The van der Waals surface area contributed by atoms with E-state index in [2.05, 4.69) is 28.4 Å². The molecule has 98 valence electrons. The van der Waals surface area contributed by atoms with Gasteiger partial charge in [0.25, 0.3) is 0 Å². The molecule has 2 heterocycles. The van der Waals surface area contributed by atoms with Gasteiger partial charge in [-0.15, -0.1) is 0 Å². The summed E-state index contributed by atoms with van der Waals surface area (Å²) in [5, 5.41) is 3.44. The third kappa shape index (κ3) is 2.25. The van der Waals surface area contributed by atoms with Crippen molar-refractivity contribution in [1.82, 2.24) is 10.2 Å². The van der Waals surface area contributed by atoms with E-state index in [9.17, 15) is 0 Å². The fourth-order valence-corrected chi connectivity index (χ4v) is 3.27. The molecule has 1 fully saturated rings. The molecule has 0 aliphatic carbocycles. The Kier molecular flexibility index (Phi) is 3.52. The molecule has 0 unspecified atom stereocenters. The van der Waals surface area contributed by atoms with Gasteiger partial charge in [0, 0.05) is 19.1 Å². The third-order valence-electron chi connectivity index (χ3n) is 4.30. The van der Waals surface area contributed by atoms with Crippen molar-refractivity contribution in [3.63, 3.8) is 0 Å². The standard InChI is InChI=1S/C15H22N2O/c1-18-15-4-2-3-12-11-17(10-7-14(12)15)13-5-8-16-9-6-13/h2-4,13,16H,5-11H2,1H3. The molecule has 2 aliphatic heterocycles. The van der Waals surface area contributed by atoms with E-state index in [-0.39, 0.29) is 0 Å². The molecule has 3 rings (SSSR count). The van der Waals surface area contributed by atoms with Crippen molar-refractivity contribution in [1.29, 1.82) is 0 Å². The number of nitrogens with zero attached hydrogens (tertiary/aromatic N) is 1. The number of ether oxygens (including phenoxy) is 1. The van der Waals surface area contributed by atoms with Crippen molar-refractivity contribution < 1.29 is 4.74 Å². The van der Waals surface area contributed by atoms with Gasteiger partial charge in [0.05, 0.1) is 7.11 Å². The van der Waals surface area contributed by atoms with Gasteiger partial charge in [-0.25, -0.2) is 0 Å². The van der Waals surface area contributed by atoms with Gasteiger partial charge in [0.1, 0.15) is 5.75 Å². The predicted molar refractivity (Wildman–Crippen MR) is 73.0 cm³/mol. The number of benzene rings is 1. The molecule has 0 amide bonds. The summed E-state index contributed by atoms with van der Waals surface area (Å²) in [6, 6.07) is 7.22. The van der Waals surface area contributed by atoms with Crippen molar-refractivity contribution in [2.45, 2.75) is 31.8 Å². The summed E-state index contributed by atoms with van der Waals surface area (Å²) in [5.74, 6) is 1.07. The number of piperidine rings is 1. The first kappa shape index (κ1) is 12.0. The molecule has 1 saturated heterocycles. The summed E-state index contributed by atoms with van der Waals surface area (Å²) >= 11 is 0. The first-order chi connectivity index (χ1) is 8.88. The van der Waals surface area contributed by atoms with E-state index in [1.165, 1.54) is 43.6 Å². The molecule has 0 radical (unpaired) electrons. The van der Waals surface area contributed by atoms with Crippen LogP contribution in [0, 0.1) is 0 Å². The average molecular weight is 246 g/mol. The van der Waals surface area contributed by atoms with E-state index in [0.29, 0.717) is 0 Å². The molecule has 0 bridgehead atoms. The monoisotopic (exact) mass is 246 g/mol. The van der Waals surface area contributed by atoms with Crippen LogP contribution in [0.2, 0.25) is 0 Å². The van der Waals surface area contributed by atoms with E-state index >= 15 is 0 Å². The molecule has 1 aromatic carbocycles. The van der Waals surface area contributed by atoms with Crippen LogP contribution in [-0.4, -0.2) is 37.7 Å². The Balaban J connectivity index is 1.76. The third-order valence-corrected chi connectivity index (χ3v) is 4.30. The number of hydrogen-bond donors (Lipinski definition) is 1. The molecule has 0 aromatic heterocycles. The quantitative estimate of drug-likeness (QED) is 0.861. The SMILES string of the molecule is COc1cccc2c1CCN(C1CCNCC1)C2. The van der Waals surface area contributed by atoms with Gasteiger partial charge in [-0.1, -0.05) is 12.1 Å². The Morgan fingerprint density at radius 3 is 2.89 bits per heavy atom. The number of rotatable bonds is 2. The molecule has 1 N–H and O–H groups in total. The number of methoxy groups -OCH3 is 1. The van der Waals surface area contributed by atoms with Crippen LogP contribution in [0.1, 0.15) is 24.0 Å². The highest BCUT2D eigenvalue weighted by Crippen LogP contribution is 2.29. The normalized spacial score (nSPS) is 21.6. The fraction of sp³-hybridized carbons (Fsp3) is 0.600. The fourth-order valence-electron chi connectivity index (χ4n) is 3.27. The molecular formula is C15H22N2O. The van der Waals surface area contributed by atoms with E-state index in [1.807, 2.05) is 0 Å².